The molecule has 1 saturated heterocycles. The maximum atomic E-state index is 5.99. The second-order valence-corrected chi connectivity index (χ2v) is 6.33. The largest absolute Gasteiger partial charge is 0.378 e. The Morgan fingerprint density at radius 2 is 2.17 bits per heavy atom. The summed E-state index contributed by atoms with van der Waals surface area (Å²) in [6.07, 6.45) is 1.87. The molecule has 0 bridgehead atoms. The maximum absolute atomic E-state index is 5.99. The molecule has 2 aromatic heterocycles. The Balaban J connectivity index is 1.74. The van der Waals surface area contributed by atoms with E-state index in [9.17, 15) is 0 Å². The molecule has 1 aliphatic heterocycles. The van der Waals surface area contributed by atoms with Gasteiger partial charge in [0.05, 0.1) is 18.0 Å². The van der Waals surface area contributed by atoms with Gasteiger partial charge in [0.15, 0.2) is 0 Å². The van der Waals surface area contributed by atoms with Crippen molar-refractivity contribution in [3.8, 4) is 0 Å². The van der Waals surface area contributed by atoms with Gasteiger partial charge in [-0.3, -0.25) is 14.6 Å². The summed E-state index contributed by atoms with van der Waals surface area (Å²) < 4.78 is 7.92. The van der Waals surface area contributed by atoms with Crippen LogP contribution in [0.1, 0.15) is 23.2 Å². The van der Waals surface area contributed by atoms with Crippen molar-refractivity contribution in [2.45, 2.75) is 19.6 Å². The second kappa shape index (κ2) is 6.68. The molecule has 1 fully saturated rings. The summed E-state index contributed by atoms with van der Waals surface area (Å²) in [6.45, 7) is 5.45. The van der Waals surface area contributed by atoms with E-state index in [-0.39, 0.29) is 6.10 Å². The van der Waals surface area contributed by atoms with Gasteiger partial charge >= 0.3 is 0 Å². The molecule has 23 heavy (non-hydrogen) atoms. The van der Waals surface area contributed by atoms with E-state index in [1.54, 1.807) is 0 Å². The topological polar surface area (TPSA) is 46.4 Å². The summed E-state index contributed by atoms with van der Waals surface area (Å²) in [6, 6.07) is 6.30. The number of hydrogen-bond acceptors (Lipinski definition) is 5. The minimum Gasteiger partial charge on any atom is -0.378 e. The van der Waals surface area contributed by atoms with Crippen LogP contribution in [-0.2, 0) is 18.3 Å². The van der Waals surface area contributed by atoms with Crippen LogP contribution >= 0.6 is 0 Å². The van der Waals surface area contributed by atoms with Crippen molar-refractivity contribution in [3.05, 3.63) is 41.5 Å². The molecule has 6 heteroatoms. The van der Waals surface area contributed by atoms with Gasteiger partial charge in [-0.1, -0.05) is 0 Å². The lowest BCUT2D eigenvalue weighted by Gasteiger charge is -2.33. The van der Waals surface area contributed by atoms with Gasteiger partial charge in [0.2, 0.25) is 0 Å². The molecule has 0 N–H and O–H groups in total. The number of nitrogens with zero attached hydrogens (tertiary/aromatic N) is 5. The Morgan fingerprint density at radius 1 is 1.35 bits per heavy atom. The lowest BCUT2D eigenvalue weighted by Crippen LogP contribution is -2.38. The van der Waals surface area contributed by atoms with Crippen molar-refractivity contribution in [1.29, 1.82) is 0 Å². The standard InChI is InChI=1S/C17H25N5O/c1-13-9-15(20(2)3)10-16(19-13)17-12-22(7-8-23-17)11-14-5-6-18-21(14)4/h5-6,9-10,17H,7-8,11-12H2,1-4H3/t17-/m0/s1. The fourth-order valence-electron chi connectivity index (χ4n) is 2.91. The lowest BCUT2D eigenvalue weighted by atomic mass is 10.1. The van der Waals surface area contributed by atoms with Crippen molar-refractivity contribution in [1.82, 2.24) is 19.7 Å². The quantitative estimate of drug-likeness (QED) is 0.860. The molecule has 0 aliphatic carbocycles. The molecule has 3 rings (SSSR count). The number of morpholine rings is 1. The zero-order valence-corrected chi connectivity index (χ0v) is 14.4. The minimum absolute atomic E-state index is 0.0237. The maximum Gasteiger partial charge on any atom is 0.112 e. The Morgan fingerprint density at radius 3 is 2.87 bits per heavy atom. The molecule has 0 spiro atoms. The number of rotatable bonds is 4. The van der Waals surface area contributed by atoms with E-state index in [0.717, 1.165) is 37.6 Å². The van der Waals surface area contributed by atoms with E-state index in [4.69, 9.17) is 9.72 Å². The first-order valence-electron chi connectivity index (χ1n) is 7.99. The van der Waals surface area contributed by atoms with E-state index in [1.807, 2.05) is 24.9 Å². The van der Waals surface area contributed by atoms with Crippen molar-refractivity contribution in [2.75, 3.05) is 38.7 Å². The predicted octanol–water partition coefficient (Wildman–Crippen LogP) is 1.76. The van der Waals surface area contributed by atoms with Crippen molar-refractivity contribution in [2.24, 2.45) is 7.05 Å². The Bertz CT molecular complexity index is 667. The number of pyridine rings is 1. The Hall–Kier alpha value is -1.92. The number of hydrogen-bond donors (Lipinski definition) is 0. The second-order valence-electron chi connectivity index (χ2n) is 6.33. The van der Waals surface area contributed by atoms with Crippen molar-refractivity contribution >= 4 is 5.69 Å². The molecular weight excluding hydrogens is 290 g/mol. The summed E-state index contributed by atoms with van der Waals surface area (Å²) in [7, 11) is 6.09. The molecule has 0 aromatic carbocycles. The highest BCUT2D eigenvalue weighted by molar-refractivity contribution is 5.47. The van der Waals surface area contributed by atoms with Gasteiger partial charge in [-0.2, -0.15) is 5.10 Å². The summed E-state index contributed by atoms with van der Waals surface area (Å²) >= 11 is 0. The van der Waals surface area contributed by atoms with Crippen molar-refractivity contribution < 1.29 is 4.74 Å². The van der Waals surface area contributed by atoms with Gasteiger partial charge in [0.25, 0.3) is 0 Å². The molecule has 0 unspecified atom stereocenters. The van der Waals surface area contributed by atoms with Gasteiger partial charge in [0, 0.05) is 58.4 Å². The third-order valence-corrected chi connectivity index (χ3v) is 4.26. The van der Waals surface area contributed by atoms with Gasteiger partial charge in [0.1, 0.15) is 6.10 Å². The summed E-state index contributed by atoms with van der Waals surface area (Å²) in [4.78, 5) is 9.21. The van der Waals surface area contributed by atoms with Gasteiger partial charge in [-0.25, -0.2) is 0 Å². The van der Waals surface area contributed by atoms with Crippen molar-refractivity contribution in [3.63, 3.8) is 0 Å². The molecule has 0 amide bonds. The number of aromatic nitrogens is 3. The molecule has 3 heterocycles. The molecule has 0 radical (unpaired) electrons. The first kappa shape index (κ1) is 16.0. The summed E-state index contributed by atoms with van der Waals surface area (Å²) in [5.41, 5.74) is 4.43. The van der Waals surface area contributed by atoms with Crippen LogP contribution in [0.2, 0.25) is 0 Å². The summed E-state index contributed by atoms with van der Waals surface area (Å²) in [5, 5.41) is 4.24. The molecule has 6 nitrogen and oxygen atoms in total. The van der Waals surface area contributed by atoms with Crippen LogP contribution < -0.4 is 4.90 Å². The highest BCUT2D eigenvalue weighted by atomic mass is 16.5. The van der Waals surface area contributed by atoms with E-state index in [0.29, 0.717) is 0 Å². The van der Waals surface area contributed by atoms with Gasteiger partial charge < -0.3 is 9.64 Å². The fraction of sp³-hybridized carbons (Fsp3) is 0.529. The molecule has 1 atom stereocenters. The van der Waals surface area contributed by atoms with Gasteiger partial charge in [-0.05, 0) is 25.1 Å². The molecular formula is C17H25N5O. The third-order valence-electron chi connectivity index (χ3n) is 4.26. The average molecular weight is 315 g/mol. The fourth-order valence-corrected chi connectivity index (χ4v) is 2.91. The average Bonchev–Trinajstić information content (AvgIpc) is 2.92. The number of ether oxygens (including phenoxy) is 1. The van der Waals surface area contributed by atoms with E-state index in [1.165, 1.54) is 11.4 Å². The third kappa shape index (κ3) is 3.71. The van der Waals surface area contributed by atoms with E-state index in [2.05, 4.69) is 47.2 Å². The van der Waals surface area contributed by atoms with Gasteiger partial charge in [-0.15, -0.1) is 0 Å². The number of aryl methyl sites for hydroxylation is 2. The van der Waals surface area contributed by atoms with Crippen LogP contribution in [0.4, 0.5) is 5.69 Å². The Kier molecular flexibility index (Phi) is 4.63. The van der Waals surface area contributed by atoms with Crippen LogP contribution in [0.25, 0.3) is 0 Å². The van der Waals surface area contributed by atoms with E-state index >= 15 is 0 Å². The van der Waals surface area contributed by atoms with Crippen LogP contribution in [0.3, 0.4) is 0 Å². The first-order valence-corrected chi connectivity index (χ1v) is 7.99. The van der Waals surface area contributed by atoms with Crippen LogP contribution in [0.15, 0.2) is 24.4 Å². The van der Waals surface area contributed by atoms with E-state index < -0.39 is 0 Å². The minimum atomic E-state index is 0.0237. The monoisotopic (exact) mass is 315 g/mol. The molecule has 1 aliphatic rings. The van der Waals surface area contributed by atoms with Crippen LogP contribution in [0, 0.1) is 6.92 Å². The normalized spacial score (nSPS) is 19.0. The molecule has 2 aromatic rings. The molecule has 0 saturated carbocycles. The number of anilines is 1. The van der Waals surface area contributed by atoms with Crippen LogP contribution in [-0.4, -0.2) is 53.5 Å². The SMILES string of the molecule is Cc1cc(N(C)C)cc([C@@H]2CN(Cc3ccnn3C)CCO2)n1. The highest BCUT2D eigenvalue weighted by Crippen LogP contribution is 2.25. The predicted molar refractivity (Wildman–Crippen MR) is 90.5 cm³/mol. The zero-order chi connectivity index (χ0) is 16.4. The summed E-state index contributed by atoms with van der Waals surface area (Å²) in [5.74, 6) is 0. The first-order chi connectivity index (χ1) is 11.0. The zero-order valence-electron chi connectivity index (χ0n) is 14.4. The van der Waals surface area contributed by atoms with Crippen LogP contribution in [0.5, 0.6) is 0 Å². The Labute approximate surface area is 137 Å². The lowest BCUT2D eigenvalue weighted by molar-refractivity contribution is -0.0356. The molecule has 124 valence electrons. The highest BCUT2D eigenvalue weighted by Gasteiger charge is 2.24. The smallest absolute Gasteiger partial charge is 0.112 e.